The summed E-state index contributed by atoms with van der Waals surface area (Å²) in [6.07, 6.45) is 0.857. The molecule has 4 amide bonds. The Labute approximate surface area is 220 Å². The number of benzene rings is 2. The monoisotopic (exact) mass is 531 g/mol. The highest BCUT2D eigenvalue weighted by atomic mass is 19.1. The summed E-state index contributed by atoms with van der Waals surface area (Å²) < 4.78 is 20.7. The van der Waals surface area contributed by atoms with Crippen LogP contribution in [0.1, 0.15) is 43.7 Å². The van der Waals surface area contributed by atoms with Crippen LogP contribution in [-0.4, -0.2) is 44.8 Å². The normalized spacial score (nSPS) is 13.1. The number of nitrogens with zero attached hydrogens (tertiary/aromatic N) is 3. The molecular weight excluding hydrogens is 509 g/mol. The SMILES string of the molecule is Cc1ccc([C@@H](NC(=O)c2cc(C(=O)NCc3ccc4c(c3)NC(=O)CO4)nc3c(F)cnn23)C(N)=O)cc1. The van der Waals surface area contributed by atoms with E-state index in [2.05, 4.69) is 26.0 Å². The van der Waals surface area contributed by atoms with E-state index in [1.54, 1.807) is 42.5 Å². The summed E-state index contributed by atoms with van der Waals surface area (Å²) in [7, 11) is 0. The van der Waals surface area contributed by atoms with Crippen molar-refractivity contribution in [1.29, 1.82) is 0 Å². The van der Waals surface area contributed by atoms with Gasteiger partial charge in [-0.1, -0.05) is 35.9 Å². The molecule has 5 rings (SSSR count). The van der Waals surface area contributed by atoms with Crippen LogP contribution in [0.5, 0.6) is 5.75 Å². The number of amides is 4. The second kappa shape index (κ2) is 10.2. The number of rotatable bonds is 7. The van der Waals surface area contributed by atoms with E-state index >= 15 is 0 Å². The van der Waals surface area contributed by atoms with E-state index in [1.165, 1.54) is 0 Å². The van der Waals surface area contributed by atoms with Crippen LogP contribution in [0.25, 0.3) is 5.65 Å². The maximum Gasteiger partial charge on any atom is 0.271 e. The zero-order valence-electron chi connectivity index (χ0n) is 20.5. The van der Waals surface area contributed by atoms with Crippen LogP contribution in [0.3, 0.4) is 0 Å². The number of halogens is 1. The van der Waals surface area contributed by atoms with Gasteiger partial charge < -0.3 is 26.4 Å². The van der Waals surface area contributed by atoms with Crippen molar-refractivity contribution in [2.75, 3.05) is 11.9 Å². The van der Waals surface area contributed by atoms with Crippen molar-refractivity contribution in [2.45, 2.75) is 19.5 Å². The van der Waals surface area contributed by atoms with Crippen molar-refractivity contribution in [2.24, 2.45) is 5.73 Å². The summed E-state index contributed by atoms with van der Waals surface area (Å²) in [5.41, 5.74) is 7.19. The molecule has 1 atom stereocenters. The van der Waals surface area contributed by atoms with Gasteiger partial charge >= 0.3 is 0 Å². The van der Waals surface area contributed by atoms with Crippen LogP contribution in [0.15, 0.2) is 54.7 Å². The first-order valence-electron chi connectivity index (χ1n) is 11.7. The highest BCUT2D eigenvalue weighted by Gasteiger charge is 2.25. The summed E-state index contributed by atoms with van der Waals surface area (Å²) in [6.45, 7) is 1.82. The number of nitrogens with two attached hydrogens (primary N) is 1. The molecule has 198 valence electrons. The molecule has 1 aliphatic heterocycles. The first-order valence-corrected chi connectivity index (χ1v) is 11.7. The Balaban J connectivity index is 1.39. The third kappa shape index (κ3) is 5.23. The maximum atomic E-state index is 14.4. The minimum absolute atomic E-state index is 0.0370. The number of nitrogens with one attached hydrogen (secondary N) is 3. The fourth-order valence-electron chi connectivity index (χ4n) is 4.01. The van der Waals surface area contributed by atoms with Crippen LogP contribution < -0.4 is 26.4 Å². The molecule has 0 radical (unpaired) electrons. The minimum atomic E-state index is -1.19. The number of aryl methyl sites for hydroxylation is 1. The molecule has 0 saturated heterocycles. The number of carbonyl (C=O) groups is 4. The molecule has 13 heteroatoms. The van der Waals surface area contributed by atoms with Gasteiger partial charge in [-0.2, -0.15) is 5.10 Å². The fraction of sp³-hybridized carbons (Fsp3) is 0.154. The van der Waals surface area contributed by atoms with E-state index < -0.39 is 29.6 Å². The number of hydrogen-bond donors (Lipinski definition) is 4. The first kappa shape index (κ1) is 25.3. The van der Waals surface area contributed by atoms with E-state index in [4.69, 9.17) is 10.5 Å². The number of primary amides is 1. The van der Waals surface area contributed by atoms with Gasteiger partial charge in [-0.3, -0.25) is 19.2 Å². The quantitative estimate of drug-likeness (QED) is 0.279. The molecule has 12 nitrogen and oxygen atoms in total. The van der Waals surface area contributed by atoms with Crippen LogP contribution in [0.4, 0.5) is 10.1 Å². The molecule has 0 saturated carbocycles. The molecule has 0 bridgehead atoms. The Morgan fingerprint density at radius 1 is 1.15 bits per heavy atom. The number of anilines is 1. The van der Waals surface area contributed by atoms with Crippen molar-refractivity contribution in [1.82, 2.24) is 25.2 Å². The highest BCUT2D eigenvalue weighted by Crippen LogP contribution is 2.28. The Hall–Kier alpha value is -5.33. The maximum absolute atomic E-state index is 14.4. The summed E-state index contributed by atoms with van der Waals surface area (Å²) in [4.78, 5) is 53.9. The fourth-order valence-corrected chi connectivity index (χ4v) is 4.01. The Morgan fingerprint density at radius 3 is 2.67 bits per heavy atom. The molecule has 4 aromatic rings. The average molecular weight is 532 g/mol. The molecule has 1 aliphatic rings. The van der Waals surface area contributed by atoms with Gasteiger partial charge in [0.15, 0.2) is 18.1 Å². The van der Waals surface area contributed by atoms with Crippen LogP contribution >= 0.6 is 0 Å². The van der Waals surface area contributed by atoms with E-state index in [-0.39, 0.29) is 36.1 Å². The Morgan fingerprint density at radius 2 is 1.92 bits per heavy atom. The predicted molar refractivity (Wildman–Crippen MR) is 135 cm³/mol. The number of ether oxygens (including phenoxy) is 1. The van der Waals surface area contributed by atoms with E-state index in [0.29, 0.717) is 22.6 Å². The van der Waals surface area contributed by atoms with Crippen molar-refractivity contribution in [3.8, 4) is 5.75 Å². The summed E-state index contributed by atoms with van der Waals surface area (Å²) in [5.74, 6) is -2.98. The van der Waals surface area contributed by atoms with E-state index in [0.717, 1.165) is 22.3 Å². The number of hydrogen-bond acceptors (Lipinski definition) is 7. The standard InChI is InChI=1S/C26H22FN7O5/c1-13-2-5-15(6-3-13)22(23(28)36)33-26(38)19-9-18(32-24-16(27)11-30-34(19)24)25(37)29-10-14-4-7-20-17(8-14)31-21(35)12-39-20/h2-9,11,22H,10,12H2,1H3,(H2,28,36)(H,29,37)(H,31,35)(H,33,38)/t22-/m1/s1. The second-order valence-corrected chi connectivity index (χ2v) is 8.82. The molecule has 2 aromatic carbocycles. The van der Waals surface area contributed by atoms with Crippen molar-refractivity contribution in [3.05, 3.63) is 88.6 Å². The van der Waals surface area contributed by atoms with Gasteiger partial charge in [-0.25, -0.2) is 13.9 Å². The van der Waals surface area contributed by atoms with Gasteiger partial charge in [0.25, 0.3) is 17.7 Å². The number of aromatic nitrogens is 3. The predicted octanol–water partition coefficient (Wildman–Crippen LogP) is 1.39. The van der Waals surface area contributed by atoms with Gasteiger partial charge in [-0.05, 0) is 30.2 Å². The number of carbonyl (C=O) groups excluding carboxylic acids is 4. The van der Waals surface area contributed by atoms with Gasteiger partial charge in [0.2, 0.25) is 5.91 Å². The zero-order valence-corrected chi connectivity index (χ0v) is 20.5. The molecule has 5 N–H and O–H groups in total. The Bertz CT molecular complexity index is 1630. The summed E-state index contributed by atoms with van der Waals surface area (Å²) >= 11 is 0. The van der Waals surface area contributed by atoms with Gasteiger partial charge in [0, 0.05) is 12.6 Å². The second-order valence-electron chi connectivity index (χ2n) is 8.82. The lowest BCUT2D eigenvalue weighted by Crippen LogP contribution is -2.38. The molecule has 0 spiro atoms. The minimum Gasteiger partial charge on any atom is -0.482 e. The zero-order chi connectivity index (χ0) is 27.7. The molecular formula is C26H22FN7O5. The molecule has 2 aromatic heterocycles. The van der Waals surface area contributed by atoms with Gasteiger partial charge in [0.05, 0.1) is 11.9 Å². The van der Waals surface area contributed by atoms with Crippen molar-refractivity contribution >= 4 is 35.0 Å². The molecule has 0 aliphatic carbocycles. The topological polar surface area (TPSA) is 170 Å². The number of fused-ring (bicyclic) bond motifs is 2. The third-order valence-electron chi connectivity index (χ3n) is 5.99. The molecule has 0 fully saturated rings. The molecule has 3 heterocycles. The Kier molecular flexibility index (Phi) is 6.63. The average Bonchev–Trinajstić information content (AvgIpc) is 3.30. The lowest BCUT2D eigenvalue weighted by Gasteiger charge is -2.18. The van der Waals surface area contributed by atoms with E-state index in [9.17, 15) is 23.6 Å². The third-order valence-corrected chi connectivity index (χ3v) is 5.99. The van der Waals surface area contributed by atoms with Crippen LogP contribution in [0.2, 0.25) is 0 Å². The van der Waals surface area contributed by atoms with Crippen molar-refractivity contribution in [3.63, 3.8) is 0 Å². The lowest BCUT2D eigenvalue weighted by molar-refractivity contribution is -0.120. The highest BCUT2D eigenvalue weighted by molar-refractivity contribution is 6.00. The largest absolute Gasteiger partial charge is 0.482 e. The lowest BCUT2D eigenvalue weighted by atomic mass is 10.0. The summed E-state index contributed by atoms with van der Waals surface area (Å²) in [6, 6.07) is 11.8. The smallest absolute Gasteiger partial charge is 0.271 e. The van der Waals surface area contributed by atoms with Gasteiger partial charge in [0.1, 0.15) is 23.2 Å². The molecule has 0 unspecified atom stereocenters. The molecule has 39 heavy (non-hydrogen) atoms. The van der Waals surface area contributed by atoms with Crippen LogP contribution in [-0.2, 0) is 16.1 Å². The van der Waals surface area contributed by atoms with Gasteiger partial charge in [-0.15, -0.1) is 0 Å². The van der Waals surface area contributed by atoms with Crippen molar-refractivity contribution < 1.29 is 28.3 Å². The van der Waals surface area contributed by atoms with E-state index in [1.807, 2.05) is 6.92 Å². The first-order chi connectivity index (χ1) is 18.7. The summed E-state index contributed by atoms with van der Waals surface area (Å²) in [5, 5.41) is 11.7. The van der Waals surface area contributed by atoms with Crippen LogP contribution in [0, 0.1) is 12.7 Å².